The molecule has 2 amide bonds. The van der Waals surface area contributed by atoms with Gasteiger partial charge in [0.2, 0.25) is 0 Å². The Kier molecular flexibility index (Phi) is 4.69. The number of nitriles is 1. The van der Waals surface area contributed by atoms with E-state index in [0.29, 0.717) is 24.3 Å². The van der Waals surface area contributed by atoms with Crippen molar-refractivity contribution in [1.82, 2.24) is 4.90 Å². The van der Waals surface area contributed by atoms with Crippen LogP contribution >= 0.6 is 0 Å². The number of benzene rings is 2. The summed E-state index contributed by atoms with van der Waals surface area (Å²) in [6.07, 6.45) is 0.287. The van der Waals surface area contributed by atoms with Gasteiger partial charge in [-0.1, -0.05) is 42.5 Å². The number of imide groups is 1. The van der Waals surface area contributed by atoms with E-state index in [1.54, 1.807) is 24.3 Å². The molecule has 0 bridgehead atoms. The number of fused-ring (bicyclic) bond motifs is 1. The predicted molar refractivity (Wildman–Crippen MR) is 87.1 cm³/mol. The highest BCUT2D eigenvalue weighted by Gasteiger charge is 2.39. The summed E-state index contributed by atoms with van der Waals surface area (Å²) in [7, 11) is 0. The summed E-state index contributed by atoms with van der Waals surface area (Å²) in [6.45, 7) is 0.724. The Morgan fingerprint density at radius 3 is 2.12 bits per heavy atom. The summed E-state index contributed by atoms with van der Waals surface area (Å²) in [5, 5.41) is 9.37. The van der Waals surface area contributed by atoms with Crippen molar-refractivity contribution in [2.45, 2.75) is 19.1 Å². The third-order valence-electron chi connectivity index (χ3n) is 3.93. The Labute approximate surface area is 140 Å². The molecule has 0 spiro atoms. The molecule has 0 fully saturated rings. The number of hydrogen-bond acceptors (Lipinski definition) is 4. The lowest BCUT2D eigenvalue weighted by atomic mass is 10.1. The third kappa shape index (κ3) is 3.05. The molecular formula is C19H16N2O3. The average molecular weight is 321 g/mol. The topological polar surface area (TPSA) is 70.4 Å². The lowest BCUT2D eigenvalue weighted by molar-refractivity contribution is 0.0565. The number of ether oxygens (including phenoxy) is 1. The minimum atomic E-state index is -0.826. The second-order valence-electron chi connectivity index (χ2n) is 5.50. The zero-order valence-electron chi connectivity index (χ0n) is 13.0. The first-order valence-corrected chi connectivity index (χ1v) is 7.70. The lowest BCUT2D eigenvalue weighted by Gasteiger charge is -2.20. The Bertz CT molecular complexity index is 761. The molecule has 5 heteroatoms. The summed E-state index contributed by atoms with van der Waals surface area (Å²) in [4.78, 5) is 25.8. The van der Waals surface area contributed by atoms with Crippen molar-refractivity contribution in [3.05, 3.63) is 71.3 Å². The molecule has 0 saturated heterocycles. The van der Waals surface area contributed by atoms with Crippen LogP contribution in [0, 0.1) is 11.3 Å². The van der Waals surface area contributed by atoms with Gasteiger partial charge >= 0.3 is 0 Å². The monoisotopic (exact) mass is 321 g/mol. The Morgan fingerprint density at radius 2 is 1.54 bits per heavy atom. The fraction of sp³-hybridized carbons (Fsp3) is 0.211. The molecular weight excluding hydrogens is 305 g/mol. The molecule has 1 atom stereocenters. The Balaban J connectivity index is 1.60. The summed E-state index contributed by atoms with van der Waals surface area (Å²) >= 11 is 0. The summed E-state index contributed by atoms with van der Waals surface area (Å²) in [6, 6.07) is 17.5. The summed E-state index contributed by atoms with van der Waals surface area (Å²) in [5.41, 5.74) is 1.74. The van der Waals surface area contributed by atoms with Gasteiger partial charge in [0, 0.05) is 6.42 Å². The molecule has 0 aliphatic carbocycles. The van der Waals surface area contributed by atoms with Crippen LogP contribution in [-0.2, 0) is 11.3 Å². The molecule has 1 unspecified atom stereocenters. The molecule has 0 aromatic heterocycles. The zero-order valence-corrected chi connectivity index (χ0v) is 13.0. The second-order valence-corrected chi connectivity index (χ2v) is 5.50. The van der Waals surface area contributed by atoms with Crippen molar-refractivity contribution in [3.8, 4) is 6.07 Å². The molecule has 0 N–H and O–H groups in total. The first kappa shape index (κ1) is 15.9. The maximum atomic E-state index is 12.4. The quantitative estimate of drug-likeness (QED) is 0.466. The fourth-order valence-electron chi connectivity index (χ4n) is 2.70. The maximum Gasteiger partial charge on any atom is 0.262 e. The summed E-state index contributed by atoms with van der Waals surface area (Å²) in [5.74, 6) is -0.824. The van der Waals surface area contributed by atoms with Crippen molar-refractivity contribution in [2.24, 2.45) is 0 Å². The number of carbonyl (C=O) groups excluding carboxylic acids is 2. The lowest BCUT2D eigenvalue weighted by Crippen LogP contribution is -2.39. The molecule has 24 heavy (non-hydrogen) atoms. The van der Waals surface area contributed by atoms with Gasteiger partial charge in [-0.25, -0.2) is 0 Å². The smallest absolute Gasteiger partial charge is 0.262 e. The SMILES string of the molecule is N#[13C]C(CCOCc1ccccc1)N1C(=O)c2ccccc2C1=O. The number of nitrogens with zero attached hydrogens (tertiary/aromatic N) is 2. The van der Waals surface area contributed by atoms with Crippen molar-refractivity contribution >= 4 is 11.8 Å². The molecule has 1 aliphatic rings. The van der Waals surface area contributed by atoms with E-state index in [2.05, 4.69) is 0 Å². The molecule has 120 valence electrons. The number of rotatable bonds is 6. The van der Waals surface area contributed by atoms with Crippen LogP contribution in [-0.4, -0.2) is 29.4 Å². The van der Waals surface area contributed by atoms with Gasteiger partial charge in [0.05, 0.1) is 30.4 Å². The van der Waals surface area contributed by atoms with Gasteiger partial charge in [0.25, 0.3) is 11.8 Å². The largest absolute Gasteiger partial charge is 0.377 e. The average Bonchev–Trinajstić information content (AvgIpc) is 2.88. The van der Waals surface area contributed by atoms with E-state index in [-0.39, 0.29) is 6.42 Å². The van der Waals surface area contributed by atoms with Crippen LogP contribution in [0.1, 0.15) is 32.7 Å². The van der Waals surface area contributed by atoms with Gasteiger partial charge in [-0.2, -0.15) is 5.26 Å². The highest BCUT2D eigenvalue weighted by atomic mass is 16.5. The third-order valence-corrected chi connectivity index (χ3v) is 3.93. The van der Waals surface area contributed by atoms with Crippen LogP contribution < -0.4 is 0 Å². The predicted octanol–water partition coefficient (Wildman–Crippen LogP) is 2.78. The van der Waals surface area contributed by atoms with Gasteiger partial charge in [-0.05, 0) is 17.7 Å². The standard InChI is InChI=1S/C19H16N2O3/c20-12-15(10-11-24-13-14-6-2-1-3-7-14)21-18(22)16-8-4-5-9-17(16)19(21)23/h1-9,15H,10-11,13H2/i12+1. The van der Waals surface area contributed by atoms with Crippen LogP contribution in [0.2, 0.25) is 0 Å². The number of carbonyl (C=O) groups is 2. The molecule has 0 radical (unpaired) electrons. The molecule has 5 nitrogen and oxygen atoms in total. The highest BCUT2D eigenvalue weighted by Crippen LogP contribution is 2.25. The van der Waals surface area contributed by atoms with E-state index in [4.69, 9.17) is 4.74 Å². The van der Waals surface area contributed by atoms with Gasteiger partial charge in [0.15, 0.2) is 0 Å². The van der Waals surface area contributed by atoms with E-state index in [9.17, 15) is 14.9 Å². The van der Waals surface area contributed by atoms with Gasteiger partial charge in [-0.15, -0.1) is 0 Å². The van der Waals surface area contributed by atoms with Crippen LogP contribution in [0.4, 0.5) is 0 Å². The van der Waals surface area contributed by atoms with Gasteiger partial charge < -0.3 is 4.74 Å². The van der Waals surface area contributed by atoms with E-state index in [1.165, 1.54) is 0 Å². The first-order valence-electron chi connectivity index (χ1n) is 7.70. The number of amides is 2. The van der Waals surface area contributed by atoms with Crippen LogP contribution in [0.15, 0.2) is 54.6 Å². The van der Waals surface area contributed by atoms with Crippen molar-refractivity contribution < 1.29 is 14.3 Å². The minimum absolute atomic E-state index is 0.287. The molecule has 2 aromatic rings. The first-order chi connectivity index (χ1) is 11.7. The van der Waals surface area contributed by atoms with Crippen LogP contribution in [0.25, 0.3) is 0 Å². The Hall–Kier alpha value is -2.97. The van der Waals surface area contributed by atoms with E-state index in [1.807, 2.05) is 36.4 Å². The van der Waals surface area contributed by atoms with Gasteiger partial charge in [-0.3, -0.25) is 14.5 Å². The highest BCUT2D eigenvalue weighted by molar-refractivity contribution is 6.21. The van der Waals surface area contributed by atoms with E-state index in [0.717, 1.165) is 10.5 Å². The van der Waals surface area contributed by atoms with Crippen molar-refractivity contribution in [1.29, 1.82) is 5.26 Å². The fourth-order valence-corrected chi connectivity index (χ4v) is 2.70. The van der Waals surface area contributed by atoms with Crippen molar-refractivity contribution in [2.75, 3.05) is 6.61 Å². The Morgan fingerprint density at radius 1 is 0.958 bits per heavy atom. The number of hydrogen-bond donors (Lipinski definition) is 0. The van der Waals surface area contributed by atoms with E-state index < -0.39 is 17.9 Å². The van der Waals surface area contributed by atoms with Gasteiger partial charge in [0.1, 0.15) is 6.04 Å². The molecule has 2 aromatic carbocycles. The molecule has 1 aliphatic heterocycles. The maximum absolute atomic E-state index is 12.4. The zero-order chi connectivity index (χ0) is 16.9. The van der Waals surface area contributed by atoms with Crippen LogP contribution in [0.3, 0.4) is 0 Å². The molecule has 0 saturated carbocycles. The molecule has 3 rings (SSSR count). The minimum Gasteiger partial charge on any atom is -0.377 e. The molecule has 1 heterocycles. The van der Waals surface area contributed by atoms with Crippen molar-refractivity contribution in [3.63, 3.8) is 0 Å². The van der Waals surface area contributed by atoms with Crippen LogP contribution in [0.5, 0.6) is 0 Å². The summed E-state index contributed by atoms with van der Waals surface area (Å²) < 4.78 is 5.56. The normalized spacial score (nSPS) is 14.4. The second kappa shape index (κ2) is 7.07. The van der Waals surface area contributed by atoms with E-state index >= 15 is 0 Å².